The van der Waals surface area contributed by atoms with Gasteiger partial charge in [0, 0.05) is 38.3 Å². The normalized spacial score (nSPS) is 15.5. The van der Waals surface area contributed by atoms with Crippen molar-refractivity contribution < 1.29 is 9.13 Å². The first-order chi connectivity index (χ1) is 12.5. The Bertz CT molecular complexity index is 785. The fourth-order valence-electron chi connectivity index (χ4n) is 3.00. The average Bonchev–Trinajstić information content (AvgIpc) is 2.65. The summed E-state index contributed by atoms with van der Waals surface area (Å²) in [6.07, 6.45) is 0. The molecule has 1 aromatic carbocycles. The van der Waals surface area contributed by atoms with Crippen LogP contribution < -0.4 is 5.56 Å². The summed E-state index contributed by atoms with van der Waals surface area (Å²) in [6.45, 7) is 8.03. The molecule has 0 spiro atoms. The van der Waals surface area contributed by atoms with E-state index >= 15 is 0 Å². The minimum atomic E-state index is -0.827. The second-order valence-corrected chi connectivity index (χ2v) is 6.70. The van der Waals surface area contributed by atoms with Crippen LogP contribution >= 0.6 is 0 Å². The maximum absolute atomic E-state index is 13.4. The summed E-state index contributed by atoms with van der Waals surface area (Å²) in [7, 11) is 2.11. The number of aryl methyl sites for hydroxylation is 1. The molecule has 1 aromatic heterocycles. The van der Waals surface area contributed by atoms with Crippen LogP contribution in [0.5, 0.6) is 0 Å². The van der Waals surface area contributed by atoms with E-state index in [-0.39, 0.29) is 5.69 Å². The van der Waals surface area contributed by atoms with Crippen LogP contribution in [0.2, 0.25) is 0 Å². The molecule has 0 radical (unpaired) electrons. The Labute approximate surface area is 152 Å². The maximum atomic E-state index is 13.4. The summed E-state index contributed by atoms with van der Waals surface area (Å²) in [4.78, 5) is 22.9. The largest absolute Gasteiger partial charge is 0.379 e. The molecular weight excluding hydrogens is 335 g/mol. The van der Waals surface area contributed by atoms with Gasteiger partial charge in [-0.1, -0.05) is 24.3 Å². The van der Waals surface area contributed by atoms with Gasteiger partial charge < -0.3 is 14.6 Å². The molecule has 1 aliphatic rings. The van der Waals surface area contributed by atoms with Crippen LogP contribution in [0, 0.1) is 12.7 Å². The second-order valence-electron chi connectivity index (χ2n) is 6.70. The summed E-state index contributed by atoms with van der Waals surface area (Å²) >= 11 is 0. The Balaban J connectivity index is 1.58. The molecular formula is C19H25FN4O2. The number of nitrogens with zero attached hydrogens (tertiary/aromatic N) is 3. The van der Waals surface area contributed by atoms with Gasteiger partial charge >= 0.3 is 0 Å². The van der Waals surface area contributed by atoms with Crippen LogP contribution in [-0.2, 0) is 11.3 Å². The van der Waals surface area contributed by atoms with Crippen LogP contribution in [0.4, 0.5) is 4.39 Å². The van der Waals surface area contributed by atoms with Crippen molar-refractivity contribution >= 4 is 0 Å². The summed E-state index contributed by atoms with van der Waals surface area (Å²) < 4.78 is 18.8. The molecule has 3 rings (SSSR count). The number of rotatable bonds is 6. The highest BCUT2D eigenvalue weighted by molar-refractivity contribution is 5.55. The topological polar surface area (TPSA) is 61.5 Å². The zero-order chi connectivity index (χ0) is 18.5. The molecule has 1 fully saturated rings. The molecule has 6 nitrogen and oxygen atoms in total. The number of morpholine rings is 1. The Morgan fingerprint density at radius 2 is 1.96 bits per heavy atom. The third-order valence-corrected chi connectivity index (χ3v) is 4.61. The van der Waals surface area contributed by atoms with Gasteiger partial charge in [0.2, 0.25) is 5.82 Å². The molecule has 0 atom stereocenters. The molecule has 7 heteroatoms. The Kier molecular flexibility index (Phi) is 6.13. The molecule has 0 amide bonds. The van der Waals surface area contributed by atoms with Gasteiger partial charge in [0.15, 0.2) is 0 Å². The van der Waals surface area contributed by atoms with E-state index in [0.29, 0.717) is 5.82 Å². The van der Waals surface area contributed by atoms with E-state index in [1.807, 2.05) is 24.3 Å². The highest BCUT2D eigenvalue weighted by atomic mass is 19.1. The molecule has 1 saturated heterocycles. The fourth-order valence-corrected chi connectivity index (χ4v) is 3.00. The van der Waals surface area contributed by atoms with E-state index in [0.717, 1.165) is 51.5 Å². The van der Waals surface area contributed by atoms with E-state index in [1.165, 1.54) is 12.5 Å². The summed E-state index contributed by atoms with van der Waals surface area (Å²) in [5, 5.41) is 0. The molecule has 0 aliphatic carbocycles. The molecule has 1 N–H and O–H groups in total. The number of aromatic nitrogens is 2. The van der Waals surface area contributed by atoms with Crippen LogP contribution in [0.25, 0.3) is 11.4 Å². The molecule has 140 valence electrons. The molecule has 26 heavy (non-hydrogen) atoms. The van der Waals surface area contributed by atoms with E-state index in [2.05, 4.69) is 26.8 Å². The number of nitrogens with one attached hydrogen (secondary N) is 1. The average molecular weight is 360 g/mol. The van der Waals surface area contributed by atoms with Gasteiger partial charge in [-0.3, -0.25) is 9.69 Å². The first-order valence-corrected chi connectivity index (χ1v) is 8.87. The molecule has 0 unspecified atom stereocenters. The van der Waals surface area contributed by atoms with Crippen LogP contribution in [0.15, 0.2) is 29.1 Å². The van der Waals surface area contributed by atoms with Crippen LogP contribution in [0.1, 0.15) is 11.3 Å². The van der Waals surface area contributed by atoms with Crippen molar-refractivity contribution in [1.29, 1.82) is 0 Å². The van der Waals surface area contributed by atoms with Crippen molar-refractivity contribution in [3.63, 3.8) is 0 Å². The lowest BCUT2D eigenvalue weighted by atomic mass is 10.1. The number of benzene rings is 1. The predicted molar refractivity (Wildman–Crippen MR) is 98.6 cm³/mol. The zero-order valence-corrected chi connectivity index (χ0v) is 15.3. The molecule has 0 bridgehead atoms. The second kappa shape index (κ2) is 8.53. The van der Waals surface area contributed by atoms with E-state index in [1.54, 1.807) is 0 Å². The third kappa shape index (κ3) is 4.75. The molecule has 0 saturated carbocycles. The fraction of sp³-hybridized carbons (Fsp3) is 0.474. The SMILES string of the molecule is Cc1nc(-c2ccc(CN(C)CCN3CCOCC3)cc2)[nH]c(=O)c1F. The molecule has 2 heterocycles. The van der Waals surface area contributed by atoms with Gasteiger partial charge in [-0.15, -0.1) is 0 Å². The number of aromatic amines is 1. The smallest absolute Gasteiger partial charge is 0.287 e. The van der Waals surface area contributed by atoms with Crippen molar-refractivity contribution in [3.8, 4) is 11.4 Å². The highest BCUT2D eigenvalue weighted by Crippen LogP contribution is 2.16. The lowest BCUT2D eigenvalue weighted by molar-refractivity contribution is 0.0342. The van der Waals surface area contributed by atoms with E-state index < -0.39 is 11.4 Å². The number of H-pyrrole nitrogens is 1. The first-order valence-electron chi connectivity index (χ1n) is 8.87. The maximum Gasteiger partial charge on any atom is 0.287 e. The number of hydrogen-bond acceptors (Lipinski definition) is 5. The minimum Gasteiger partial charge on any atom is -0.379 e. The number of ether oxygens (including phenoxy) is 1. The molecule has 1 aliphatic heterocycles. The van der Waals surface area contributed by atoms with Crippen molar-refractivity contribution in [3.05, 3.63) is 51.7 Å². The van der Waals surface area contributed by atoms with Gasteiger partial charge in [0.1, 0.15) is 5.82 Å². The number of halogens is 1. The van der Waals surface area contributed by atoms with Crippen molar-refractivity contribution in [1.82, 2.24) is 19.8 Å². The quantitative estimate of drug-likeness (QED) is 0.849. The van der Waals surface area contributed by atoms with Crippen LogP contribution in [0.3, 0.4) is 0 Å². The predicted octanol–water partition coefficient (Wildman–Crippen LogP) is 1.65. The highest BCUT2D eigenvalue weighted by Gasteiger charge is 2.12. The minimum absolute atomic E-state index is 0.107. The van der Waals surface area contributed by atoms with Gasteiger partial charge in [0.05, 0.1) is 18.9 Å². The van der Waals surface area contributed by atoms with Crippen LogP contribution in [-0.4, -0.2) is 66.2 Å². The number of hydrogen-bond donors (Lipinski definition) is 1. The summed E-state index contributed by atoms with van der Waals surface area (Å²) in [5.41, 5.74) is 1.32. The number of likely N-dealkylation sites (N-methyl/N-ethyl adjacent to an activating group) is 1. The summed E-state index contributed by atoms with van der Waals surface area (Å²) in [5.74, 6) is -0.437. The van der Waals surface area contributed by atoms with Crippen molar-refractivity contribution in [2.75, 3.05) is 46.4 Å². The standard InChI is InChI=1S/C19H25FN4O2/c1-14-17(20)19(25)22-18(21-14)16-5-3-15(4-6-16)13-23(2)7-8-24-9-11-26-12-10-24/h3-6H,7-13H2,1-2H3,(H,21,22,25). The Morgan fingerprint density at radius 3 is 2.62 bits per heavy atom. The van der Waals surface area contributed by atoms with Gasteiger partial charge in [-0.2, -0.15) is 4.39 Å². The Morgan fingerprint density at radius 1 is 1.27 bits per heavy atom. The monoisotopic (exact) mass is 360 g/mol. The van der Waals surface area contributed by atoms with Gasteiger partial charge in [-0.05, 0) is 19.5 Å². The third-order valence-electron chi connectivity index (χ3n) is 4.61. The summed E-state index contributed by atoms with van der Waals surface area (Å²) in [6, 6.07) is 7.83. The van der Waals surface area contributed by atoms with Crippen molar-refractivity contribution in [2.24, 2.45) is 0 Å². The first kappa shape index (κ1) is 18.7. The zero-order valence-electron chi connectivity index (χ0n) is 15.3. The molecule has 2 aromatic rings. The van der Waals surface area contributed by atoms with Gasteiger partial charge in [-0.25, -0.2) is 4.98 Å². The van der Waals surface area contributed by atoms with E-state index in [9.17, 15) is 9.18 Å². The van der Waals surface area contributed by atoms with E-state index in [4.69, 9.17) is 4.74 Å². The lowest BCUT2D eigenvalue weighted by Gasteiger charge is -2.28. The lowest BCUT2D eigenvalue weighted by Crippen LogP contribution is -2.40. The van der Waals surface area contributed by atoms with Gasteiger partial charge in [0.25, 0.3) is 5.56 Å². The van der Waals surface area contributed by atoms with Crippen molar-refractivity contribution in [2.45, 2.75) is 13.5 Å². The Hall–Kier alpha value is -2.09.